The number of nitrogens with one attached hydrogen (secondary N) is 2. The third-order valence-electron chi connectivity index (χ3n) is 2.19. The predicted molar refractivity (Wildman–Crippen MR) is 80.1 cm³/mol. The highest BCUT2D eigenvalue weighted by atomic mass is 35.5. The molecule has 2 N–H and O–H groups in total. The summed E-state index contributed by atoms with van der Waals surface area (Å²) < 4.78 is 5.71. The Labute approximate surface area is 127 Å². The number of halogens is 1. The molecule has 0 unspecified atom stereocenters. The molecule has 0 aliphatic heterocycles. The van der Waals surface area contributed by atoms with Gasteiger partial charge in [0, 0.05) is 4.88 Å². The highest BCUT2D eigenvalue weighted by molar-refractivity contribution is 7.16. The molecule has 0 aliphatic carbocycles. The van der Waals surface area contributed by atoms with E-state index in [0.717, 1.165) is 4.88 Å². The second-order valence-corrected chi connectivity index (χ2v) is 7.03. The van der Waals surface area contributed by atoms with E-state index in [-0.39, 0.29) is 18.5 Å². The van der Waals surface area contributed by atoms with Gasteiger partial charge in [0.05, 0.1) is 10.4 Å². The summed E-state index contributed by atoms with van der Waals surface area (Å²) >= 11 is 7.25. The molecule has 0 saturated carbocycles. The van der Waals surface area contributed by atoms with Crippen molar-refractivity contribution in [2.24, 2.45) is 0 Å². The Morgan fingerprint density at radius 2 is 2.05 bits per heavy atom. The first kappa shape index (κ1) is 16.8. The van der Waals surface area contributed by atoms with E-state index in [1.54, 1.807) is 26.8 Å². The summed E-state index contributed by atoms with van der Waals surface area (Å²) in [7, 11) is 0. The van der Waals surface area contributed by atoms with Crippen LogP contribution in [-0.2, 0) is 9.53 Å². The standard InChI is InChI=1S/C13H19ClN2O3S/c1-8(9-5-6-10(14)20-9)16-11(17)7-15-12(18)19-13(2,3)4/h5-6,8H,7H2,1-4H3,(H,15,18)(H,16,17)/t8-/m1/s1. The Balaban J connectivity index is 2.35. The molecule has 1 heterocycles. The first-order valence-corrected chi connectivity index (χ1v) is 7.38. The summed E-state index contributed by atoms with van der Waals surface area (Å²) in [4.78, 5) is 24.0. The lowest BCUT2D eigenvalue weighted by molar-refractivity contribution is -0.120. The average Bonchev–Trinajstić information content (AvgIpc) is 2.71. The number of amides is 2. The smallest absolute Gasteiger partial charge is 0.408 e. The SMILES string of the molecule is C[C@@H](NC(=O)CNC(=O)OC(C)(C)C)c1ccc(Cl)s1. The van der Waals surface area contributed by atoms with Crippen molar-refractivity contribution in [3.63, 3.8) is 0 Å². The number of rotatable bonds is 4. The molecule has 0 saturated heterocycles. The molecular weight excluding hydrogens is 300 g/mol. The van der Waals surface area contributed by atoms with Crippen molar-refractivity contribution >= 4 is 34.9 Å². The number of alkyl carbamates (subject to hydrolysis) is 1. The number of carbonyl (C=O) groups excluding carboxylic acids is 2. The molecule has 0 aliphatic rings. The minimum atomic E-state index is -0.612. The van der Waals surface area contributed by atoms with Crippen molar-refractivity contribution in [1.29, 1.82) is 0 Å². The first-order chi connectivity index (χ1) is 9.17. The summed E-state index contributed by atoms with van der Waals surface area (Å²) in [5.41, 5.74) is -0.582. The van der Waals surface area contributed by atoms with Crippen LogP contribution in [0.3, 0.4) is 0 Å². The number of hydrogen-bond acceptors (Lipinski definition) is 4. The van der Waals surface area contributed by atoms with Gasteiger partial charge in [-0.15, -0.1) is 11.3 Å². The maximum absolute atomic E-state index is 11.7. The number of hydrogen-bond donors (Lipinski definition) is 2. The molecule has 0 aromatic carbocycles. The van der Waals surface area contributed by atoms with Crippen molar-refractivity contribution in [2.45, 2.75) is 39.3 Å². The van der Waals surface area contributed by atoms with E-state index in [1.807, 2.05) is 13.0 Å². The molecular formula is C13H19ClN2O3S. The molecule has 0 spiro atoms. The van der Waals surface area contributed by atoms with Gasteiger partial charge in [-0.1, -0.05) is 11.6 Å². The zero-order valence-corrected chi connectivity index (χ0v) is 13.5. The molecule has 20 heavy (non-hydrogen) atoms. The molecule has 1 rings (SSSR count). The van der Waals surface area contributed by atoms with Crippen molar-refractivity contribution < 1.29 is 14.3 Å². The van der Waals surface area contributed by atoms with Crippen LogP contribution in [0.5, 0.6) is 0 Å². The summed E-state index contributed by atoms with van der Waals surface area (Å²) in [6.45, 7) is 7.01. The molecule has 1 aromatic rings. The van der Waals surface area contributed by atoms with E-state index in [2.05, 4.69) is 10.6 Å². The second-order valence-electron chi connectivity index (χ2n) is 5.29. The van der Waals surface area contributed by atoms with Gasteiger partial charge in [-0.05, 0) is 39.8 Å². The van der Waals surface area contributed by atoms with Gasteiger partial charge in [0.1, 0.15) is 12.1 Å². The van der Waals surface area contributed by atoms with Gasteiger partial charge in [0.25, 0.3) is 0 Å². The fourth-order valence-corrected chi connectivity index (χ4v) is 2.45. The van der Waals surface area contributed by atoms with E-state index in [9.17, 15) is 9.59 Å². The third-order valence-corrected chi connectivity index (χ3v) is 3.60. The van der Waals surface area contributed by atoms with Crippen LogP contribution in [0, 0.1) is 0 Å². The molecule has 2 amide bonds. The van der Waals surface area contributed by atoms with Gasteiger partial charge in [-0.25, -0.2) is 4.79 Å². The molecule has 0 bridgehead atoms. The topological polar surface area (TPSA) is 67.4 Å². The van der Waals surface area contributed by atoms with Crippen LogP contribution in [-0.4, -0.2) is 24.1 Å². The fourth-order valence-electron chi connectivity index (χ4n) is 1.39. The number of thiophene rings is 1. The van der Waals surface area contributed by atoms with E-state index in [4.69, 9.17) is 16.3 Å². The fraction of sp³-hybridized carbons (Fsp3) is 0.538. The molecule has 0 fully saturated rings. The Bertz CT molecular complexity index is 482. The summed E-state index contributed by atoms with van der Waals surface area (Å²) in [6, 6.07) is 3.49. The largest absolute Gasteiger partial charge is 0.444 e. The van der Waals surface area contributed by atoms with Crippen molar-refractivity contribution in [3.8, 4) is 0 Å². The summed E-state index contributed by atoms with van der Waals surface area (Å²) in [6.07, 6.45) is -0.612. The normalized spacial score (nSPS) is 12.7. The van der Waals surface area contributed by atoms with Crippen LogP contribution < -0.4 is 10.6 Å². The number of ether oxygens (including phenoxy) is 1. The highest BCUT2D eigenvalue weighted by Gasteiger charge is 2.17. The molecule has 1 atom stereocenters. The zero-order valence-electron chi connectivity index (χ0n) is 12.0. The third kappa shape index (κ3) is 6.25. The number of carbonyl (C=O) groups is 2. The Morgan fingerprint density at radius 1 is 1.40 bits per heavy atom. The molecule has 7 heteroatoms. The lowest BCUT2D eigenvalue weighted by Gasteiger charge is -2.19. The quantitative estimate of drug-likeness (QED) is 0.896. The summed E-state index contributed by atoms with van der Waals surface area (Å²) in [5.74, 6) is -0.284. The maximum atomic E-state index is 11.7. The van der Waals surface area contributed by atoms with Crippen LogP contribution in [0.15, 0.2) is 12.1 Å². The average molecular weight is 319 g/mol. The molecule has 1 aromatic heterocycles. The van der Waals surface area contributed by atoms with Gasteiger partial charge in [-0.2, -0.15) is 0 Å². The van der Waals surface area contributed by atoms with Crippen LogP contribution in [0.25, 0.3) is 0 Å². The monoisotopic (exact) mass is 318 g/mol. The lowest BCUT2D eigenvalue weighted by Crippen LogP contribution is -2.40. The second kappa shape index (κ2) is 6.95. The van der Waals surface area contributed by atoms with Crippen molar-refractivity contribution in [2.75, 3.05) is 6.54 Å². The maximum Gasteiger partial charge on any atom is 0.408 e. The van der Waals surface area contributed by atoms with Crippen LogP contribution in [0.4, 0.5) is 4.79 Å². The zero-order chi connectivity index (χ0) is 15.3. The van der Waals surface area contributed by atoms with Gasteiger partial charge in [-0.3, -0.25) is 4.79 Å². The molecule has 112 valence electrons. The van der Waals surface area contributed by atoms with Crippen LogP contribution >= 0.6 is 22.9 Å². The van der Waals surface area contributed by atoms with E-state index in [0.29, 0.717) is 4.34 Å². The Kier molecular flexibility index (Phi) is 5.83. The van der Waals surface area contributed by atoms with Gasteiger partial charge in [0.2, 0.25) is 5.91 Å². The minimum absolute atomic E-state index is 0.127. The lowest BCUT2D eigenvalue weighted by atomic mass is 10.2. The Morgan fingerprint density at radius 3 is 2.55 bits per heavy atom. The van der Waals surface area contributed by atoms with Gasteiger partial charge < -0.3 is 15.4 Å². The van der Waals surface area contributed by atoms with E-state index in [1.165, 1.54) is 11.3 Å². The minimum Gasteiger partial charge on any atom is -0.444 e. The predicted octanol–water partition coefficient (Wildman–Crippen LogP) is 3.10. The molecule has 0 radical (unpaired) electrons. The van der Waals surface area contributed by atoms with Crippen LogP contribution in [0.2, 0.25) is 4.34 Å². The van der Waals surface area contributed by atoms with Crippen molar-refractivity contribution in [3.05, 3.63) is 21.3 Å². The van der Waals surface area contributed by atoms with Gasteiger partial charge >= 0.3 is 6.09 Å². The van der Waals surface area contributed by atoms with E-state index >= 15 is 0 Å². The van der Waals surface area contributed by atoms with E-state index < -0.39 is 11.7 Å². The van der Waals surface area contributed by atoms with Gasteiger partial charge in [0.15, 0.2) is 0 Å². The van der Waals surface area contributed by atoms with Crippen LogP contribution in [0.1, 0.15) is 38.6 Å². The molecule has 5 nitrogen and oxygen atoms in total. The Hall–Kier alpha value is -1.27. The highest BCUT2D eigenvalue weighted by Crippen LogP contribution is 2.26. The van der Waals surface area contributed by atoms with Crippen molar-refractivity contribution in [1.82, 2.24) is 10.6 Å². The first-order valence-electron chi connectivity index (χ1n) is 6.19. The summed E-state index contributed by atoms with van der Waals surface area (Å²) in [5, 5.41) is 5.18.